The van der Waals surface area contributed by atoms with Crippen molar-refractivity contribution >= 4 is 23.2 Å². The summed E-state index contributed by atoms with van der Waals surface area (Å²) in [5, 5.41) is 0.615. The molecule has 0 amide bonds. The monoisotopic (exact) mass is 546 g/mol. The number of ether oxygens (including phenoxy) is 1. The maximum atomic E-state index is 13.5. The van der Waals surface area contributed by atoms with Crippen molar-refractivity contribution in [2.75, 3.05) is 49.1 Å². The molecule has 3 aromatic rings. The second-order valence-corrected chi connectivity index (χ2v) is 10.3. The molecule has 2 atom stereocenters. The van der Waals surface area contributed by atoms with Crippen molar-refractivity contribution in [2.24, 2.45) is 0 Å². The molecule has 7 nitrogen and oxygen atoms in total. The van der Waals surface area contributed by atoms with E-state index in [1.54, 1.807) is 4.90 Å². The fourth-order valence-electron chi connectivity index (χ4n) is 5.14. The van der Waals surface area contributed by atoms with Gasteiger partial charge in [-0.05, 0) is 38.1 Å². The standard InChI is InChI=1S/C27H30ClF3N6O/c1-18-15-35(16-19(2)38-18)17-24-33-23(20-5-3-6-21(28)13-20)14-25(34-24)36-9-11-37(12-10-36)26-22(27(29,30)31)7-4-8-32-26/h3-8,13-14,18-19H,9-12,15-17H2,1-2H3/t18-,19+. The van der Waals surface area contributed by atoms with Gasteiger partial charge in [-0.2, -0.15) is 13.2 Å². The highest BCUT2D eigenvalue weighted by Gasteiger charge is 2.36. The van der Waals surface area contributed by atoms with E-state index in [2.05, 4.69) is 28.6 Å². The second kappa shape index (κ2) is 11.0. The third-order valence-corrected chi connectivity index (χ3v) is 6.97. The van der Waals surface area contributed by atoms with E-state index >= 15 is 0 Å². The van der Waals surface area contributed by atoms with Crippen molar-refractivity contribution in [3.8, 4) is 11.3 Å². The number of nitrogens with zero attached hydrogens (tertiary/aromatic N) is 6. The summed E-state index contributed by atoms with van der Waals surface area (Å²) >= 11 is 6.26. The number of pyridine rings is 1. The number of anilines is 2. The molecule has 0 aliphatic carbocycles. The molecule has 202 valence electrons. The maximum Gasteiger partial charge on any atom is 0.419 e. The van der Waals surface area contributed by atoms with Gasteiger partial charge in [-0.25, -0.2) is 15.0 Å². The number of piperazine rings is 1. The summed E-state index contributed by atoms with van der Waals surface area (Å²) < 4.78 is 46.5. The molecule has 0 radical (unpaired) electrons. The molecular weight excluding hydrogens is 517 g/mol. The molecule has 2 fully saturated rings. The van der Waals surface area contributed by atoms with Gasteiger partial charge in [-0.3, -0.25) is 4.90 Å². The van der Waals surface area contributed by atoms with Gasteiger partial charge in [0.1, 0.15) is 17.5 Å². The van der Waals surface area contributed by atoms with Gasteiger partial charge in [0.15, 0.2) is 0 Å². The first-order chi connectivity index (χ1) is 18.2. The smallest absolute Gasteiger partial charge is 0.373 e. The first-order valence-corrected chi connectivity index (χ1v) is 13.1. The van der Waals surface area contributed by atoms with Gasteiger partial charge in [0.05, 0.1) is 30.0 Å². The highest BCUT2D eigenvalue weighted by atomic mass is 35.5. The van der Waals surface area contributed by atoms with E-state index in [1.165, 1.54) is 12.3 Å². The van der Waals surface area contributed by atoms with E-state index in [0.29, 0.717) is 43.6 Å². The Morgan fingerprint density at radius 3 is 2.34 bits per heavy atom. The highest BCUT2D eigenvalue weighted by Crippen LogP contribution is 2.35. The molecule has 0 unspecified atom stereocenters. The summed E-state index contributed by atoms with van der Waals surface area (Å²) in [6.45, 7) is 8.06. The van der Waals surface area contributed by atoms with Crippen LogP contribution in [0.3, 0.4) is 0 Å². The predicted octanol–water partition coefficient (Wildman–Crippen LogP) is 5.15. The molecule has 0 saturated carbocycles. The SMILES string of the molecule is C[C@@H]1CN(Cc2nc(-c3cccc(Cl)c3)cc(N3CCN(c4ncccc4C(F)(F)F)CC3)n2)C[C@H](C)O1. The average molecular weight is 547 g/mol. The first-order valence-electron chi connectivity index (χ1n) is 12.7. The van der Waals surface area contributed by atoms with E-state index in [0.717, 1.165) is 36.2 Å². The zero-order valence-corrected chi connectivity index (χ0v) is 22.1. The van der Waals surface area contributed by atoms with Gasteiger partial charge in [-0.15, -0.1) is 0 Å². The average Bonchev–Trinajstić information content (AvgIpc) is 2.87. The van der Waals surface area contributed by atoms with E-state index in [9.17, 15) is 13.2 Å². The Balaban J connectivity index is 1.40. The lowest BCUT2D eigenvalue weighted by atomic mass is 10.1. The lowest BCUT2D eigenvalue weighted by Crippen LogP contribution is -2.48. The predicted molar refractivity (Wildman–Crippen MR) is 141 cm³/mol. The zero-order chi connectivity index (χ0) is 26.9. The third-order valence-electron chi connectivity index (χ3n) is 6.73. The largest absolute Gasteiger partial charge is 0.419 e. The molecule has 2 aliphatic heterocycles. The van der Waals surface area contributed by atoms with Crippen LogP contribution < -0.4 is 9.80 Å². The van der Waals surface area contributed by atoms with Gasteiger partial charge >= 0.3 is 6.18 Å². The Morgan fingerprint density at radius 2 is 1.66 bits per heavy atom. The quantitative estimate of drug-likeness (QED) is 0.439. The fourth-order valence-corrected chi connectivity index (χ4v) is 5.33. The summed E-state index contributed by atoms with van der Waals surface area (Å²) in [7, 11) is 0. The van der Waals surface area contributed by atoms with Crippen LogP contribution >= 0.6 is 11.6 Å². The summed E-state index contributed by atoms with van der Waals surface area (Å²) in [6.07, 6.45) is -2.81. The van der Waals surface area contributed by atoms with Crippen molar-refractivity contribution in [2.45, 2.75) is 38.8 Å². The number of alkyl halides is 3. The second-order valence-electron chi connectivity index (χ2n) is 9.84. The number of aromatic nitrogens is 3. The molecule has 0 N–H and O–H groups in total. The van der Waals surface area contributed by atoms with E-state index in [1.807, 2.05) is 30.3 Å². The molecule has 5 rings (SSSR count). The summed E-state index contributed by atoms with van der Waals surface area (Å²) in [5.74, 6) is 1.40. The van der Waals surface area contributed by atoms with Crippen LogP contribution in [-0.4, -0.2) is 71.3 Å². The molecule has 2 saturated heterocycles. The number of halogens is 4. The van der Waals surface area contributed by atoms with Gasteiger partial charge in [0.2, 0.25) is 0 Å². The number of benzene rings is 1. The van der Waals surface area contributed by atoms with Crippen LogP contribution in [0.1, 0.15) is 25.2 Å². The number of rotatable bonds is 5. The van der Waals surface area contributed by atoms with Crippen LogP contribution in [0.2, 0.25) is 5.02 Å². The van der Waals surface area contributed by atoms with Crippen LogP contribution in [-0.2, 0) is 17.5 Å². The van der Waals surface area contributed by atoms with Gasteiger partial charge in [-0.1, -0.05) is 23.7 Å². The summed E-state index contributed by atoms with van der Waals surface area (Å²) in [6, 6.07) is 11.9. The van der Waals surface area contributed by atoms with E-state index in [4.69, 9.17) is 26.3 Å². The van der Waals surface area contributed by atoms with Crippen LogP contribution in [0.4, 0.5) is 24.8 Å². The van der Waals surface area contributed by atoms with Crippen LogP contribution in [0.5, 0.6) is 0 Å². The molecule has 0 bridgehead atoms. The molecular formula is C27H30ClF3N6O. The third kappa shape index (κ3) is 6.19. The summed E-state index contributed by atoms with van der Waals surface area (Å²) in [5.41, 5.74) is 0.927. The Bertz CT molecular complexity index is 1260. The van der Waals surface area contributed by atoms with E-state index in [-0.39, 0.29) is 18.0 Å². The lowest BCUT2D eigenvalue weighted by molar-refractivity contribution is -0.137. The molecule has 38 heavy (non-hydrogen) atoms. The van der Waals surface area contributed by atoms with Crippen molar-refractivity contribution in [1.29, 1.82) is 0 Å². The maximum absolute atomic E-state index is 13.5. The molecule has 11 heteroatoms. The Morgan fingerprint density at radius 1 is 0.947 bits per heavy atom. The number of hydrogen-bond donors (Lipinski definition) is 0. The number of hydrogen-bond acceptors (Lipinski definition) is 7. The summed E-state index contributed by atoms with van der Waals surface area (Å²) in [4.78, 5) is 19.9. The van der Waals surface area contributed by atoms with Crippen molar-refractivity contribution in [3.05, 3.63) is 65.1 Å². The van der Waals surface area contributed by atoms with Crippen LogP contribution in [0.25, 0.3) is 11.3 Å². The van der Waals surface area contributed by atoms with Crippen molar-refractivity contribution in [1.82, 2.24) is 19.9 Å². The molecule has 4 heterocycles. The molecule has 2 aromatic heterocycles. The highest BCUT2D eigenvalue weighted by molar-refractivity contribution is 6.30. The van der Waals surface area contributed by atoms with Crippen molar-refractivity contribution in [3.63, 3.8) is 0 Å². The van der Waals surface area contributed by atoms with Crippen LogP contribution in [0, 0.1) is 0 Å². The topological polar surface area (TPSA) is 57.6 Å². The Labute approximate surface area is 225 Å². The van der Waals surface area contributed by atoms with Crippen molar-refractivity contribution < 1.29 is 17.9 Å². The zero-order valence-electron chi connectivity index (χ0n) is 21.3. The minimum atomic E-state index is -4.46. The minimum Gasteiger partial charge on any atom is -0.373 e. The van der Waals surface area contributed by atoms with Crippen LogP contribution in [0.15, 0.2) is 48.7 Å². The van der Waals surface area contributed by atoms with Gasteiger partial charge in [0.25, 0.3) is 0 Å². The van der Waals surface area contributed by atoms with Gasteiger partial charge < -0.3 is 14.5 Å². The Kier molecular flexibility index (Phi) is 7.74. The van der Waals surface area contributed by atoms with E-state index < -0.39 is 11.7 Å². The number of morpholine rings is 1. The normalized spacial score (nSPS) is 21.1. The first kappa shape index (κ1) is 26.6. The Hall–Kier alpha value is -2.95. The lowest BCUT2D eigenvalue weighted by Gasteiger charge is -2.37. The molecule has 2 aliphatic rings. The fraction of sp³-hybridized carbons (Fsp3) is 0.444. The molecule has 1 aromatic carbocycles. The molecule has 0 spiro atoms. The minimum absolute atomic E-state index is 0.0294. The van der Waals surface area contributed by atoms with Gasteiger partial charge in [0, 0.05) is 62.1 Å².